The van der Waals surface area contributed by atoms with Crippen LogP contribution in [0.4, 0.5) is 11.4 Å². The molecule has 158 valence electrons. The summed E-state index contributed by atoms with van der Waals surface area (Å²) >= 11 is 0. The van der Waals surface area contributed by atoms with E-state index < -0.39 is 20.0 Å². The molecule has 7 nitrogen and oxygen atoms in total. The lowest BCUT2D eigenvalue weighted by atomic mass is 10.2. The fourth-order valence-electron chi connectivity index (χ4n) is 2.63. The summed E-state index contributed by atoms with van der Waals surface area (Å²) < 4.78 is 60.2. The summed E-state index contributed by atoms with van der Waals surface area (Å²) in [5.74, 6) is 0.585. The van der Waals surface area contributed by atoms with Crippen molar-refractivity contribution in [3.8, 4) is 5.75 Å². The number of sulfonamides is 2. The van der Waals surface area contributed by atoms with Gasteiger partial charge in [0, 0.05) is 11.4 Å². The summed E-state index contributed by atoms with van der Waals surface area (Å²) in [5.41, 5.74) is 1.58. The third-order valence-corrected chi connectivity index (χ3v) is 6.96. The number of hydrogen-bond acceptors (Lipinski definition) is 5. The van der Waals surface area contributed by atoms with Crippen LogP contribution in [0.2, 0.25) is 0 Å². The molecule has 0 amide bonds. The Labute approximate surface area is 176 Å². The normalized spacial score (nSPS) is 11.7. The average molecular weight is 447 g/mol. The maximum Gasteiger partial charge on any atom is 0.261 e. The largest absolute Gasteiger partial charge is 0.494 e. The van der Waals surface area contributed by atoms with Gasteiger partial charge in [0.05, 0.1) is 16.4 Å². The molecule has 0 saturated carbocycles. The number of nitrogens with one attached hydrogen (secondary N) is 2. The van der Waals surface area contributed by atoms with Crippen LogP contribution in [0, 0.1) is 6.92 Å². The monoisotopic (exact) mass is 446 g/mol. The molecule has 0 radical (unpaired) electrons. The van der Waals surface area contributed by atoms with Gasteiger partial charge < -0.3 is 4.74 Å². The van der Waals surface area contributed by atoms with E-state index in [9.17, 15) is 16.8 Å². The predicted molar refractivity (Wildman–Crippen MR) is 117 cm³/mol. The van der Waals surface area contributed by atoms with Crippen molar-refractivity contribution in [2.45, 2.75) is 23.6 Å². The standard InChI is InChI=1S/C21H22N2O5S2/c1-3-28-19-10-14-21(15-11-19)30(26,27)23-18-8-6-17(7-9-18)22-29(24,25)20-12-4-16(2)5-13-20/h4-15,22-23H,3H2,1-2H3. The summed E-state index contributed by atoms with van der Waals surface area (Å²) in [6, 6.07) is 18.5. The molecule has 30 heavy (non-hydrogen) atoms. The Balaban J connectivity index is 1.71. The zero-order valence-electron chi connectivity index (χ0n) is 16.5. The highest BCUT2D eigenvalue weighted by Gasteiger charge is 2.16. The van der Waals surface area contributed by atoms with Gasteiger partial charge in [0.1, 0.15) is 5.75 Å². The Morgan fingerprint density at radius 1 is 0.667 bits per heavy atom. The van der Waals surface area contributed by atoms with Crippen molar-refractivity contribution in [3.05, 3.63) is 78.4 Å². The van der Waals surface area contributed by atoms with Gasteiger partial charge in [-0.1, -0.05) is 17.7 Å². The van der Waals surface area contributed by atoms with E-state index in [1.807, 2.05) is 13.8 Å². The van der Waals surface area contributed by atoms with E-state index in [0.717, 1.165) is 5.56 Å². The first-order chi connectivity index (χ1) is 14.2. The van der Waals surface area contributed by atoms with Gasteiger partial charge in [-0.25, -0.2) is 16.8 Å². The third kappa shape index (κ3) is 5.31. The van der Waals surface area contributed by atoms with Crippen LogP contribution in [-0.4, -0.2) is 23.4 Å². The first kappa shape index (κ1) is 21.7. The van der Waals surface area contributed by atoms with Crippen molar-refractivity contribution in [3.63, 3.8) is 0 Å². The summed E-state index contributed by atoms with van der Waals surface area (Å²) in [6.45, 7) is 4.21. The van der Waals surface area contributed by atoms with Crippen molar-refractivity contribution in [1.82, 2.24) is 0 Å². The molecule has 0 fully saturated rings. The highest BCUT2D eigenvalue weighted by Crippen LogP contribution is 2.22. The molecule has 0 aliphatic heterocycles. The van der Waals surface area contributed by atoms with Crippen molar-refractivity contribution in [2.75, 3.05) is 16.1 Å². The molecule has 3 aromatic carbocycles. The van der Waals surface area contributed by atoms with Gasteiger partial charge in [0.15, 0.2) is 0 Å². The molecule has 0 spiro atoms. The smallest absolute Gasteiger partial charge is 0.261 e. The Morgan fingerprint density at radius 3 is 1.47 bits per heavy atom. The molecule has 0 bridgehead atoms. The van der Waals surface area contributed by atoms with Crippen LogP contribution in [0.15, 0.2) is 82.6 Å². The minimum absolute atomic E-state index is 0.0927. The summed E-state index contributed by atoms with van der Waals surface area (Å²) in [5, 5.41) is 0. The van der Waals surface area contributed by atoms with Gasteiger partial charge in [-0.3, -0.25) is 9.44 Å². The first-order valence-corrected chi connectivity index (χ1v) is 12.1. The summed E-state index contributed by atoms with van der Waals surface area (Å²) in [7, 11) is -7.51. The molecule has 0 atom stereocenters. The molecule has 0 unspecified atom stereocenters. The van der Waals surface area contributed by atoms with Crippen LogP contribution < -0.4 is 14.2 Å². The summed E-state index contributed by atoms with van der Waals surface area (Å²) in [4.78, 5) is 0.239. The number of ether oxygens (including phenoxy) is 1. The van der Waals surface area contributed by atoms with E-state index in [-0.39, 0.29) is 9.79 Å². The van der Waals surface area contributed by atoms with E-state index in [2.05, 4.69) is 9.44 Å². The van der Waals surface area contributed by atoms with Gasteiger partial charge in [0.2, 0.25) is 0 Å². The SMILES string of the molecule is CCOc1ccc(S(=O)(=O)Nc2ccc(NS(=O)(=O)c3ccc(C)cc3)cc2)cc1. The van der Waals surface area contributed by atoms with Gasteiger partial charge in [-0.05, 0) is 74.5 Å². The second kappa shape index (κ2) is 8.76. The quantitative estimate of drug-likeness (QED) is 0.545. The maximum atomic E-state index is 12.5. The zero-order chi connectivity index (χ0) is 21.8. The van der Waals surface area contributed by atoms with Crippen LogP contribution in [0.25, 0.3) is 0 Å². The molecule has 3 aromatic rings. The number of aryl methyl sites for hydroxylation is 1. The third-order valence-electron chi connectivity index (χ3n) is 4.17. The second-order valence-corrected chi connectivity index (χ2v) is 9.87. The van der Waals surface area contributed by atoms with E-state index >= 15 is 0 Å². The minimum Gasteiger partial charge on any atom is -0.494 e. The van der Waals surface area contributed by atoms with E-state index in [0.29, 0.717) is 23.7 Å². The fraction of sp³-hybridized carbons (Fsp3) is 0.143. The van der Waals surface area contributed by atoms with Gasteiger partial charge in [0.25, 0.3) is 20.0 Å². The first-order valence-electron chi connectivity index (χ1n) is 9.15. The lowest BCUT2D eigenvalue weighted by molar-refractivity contribution is 0.340. The predicted octanol–water partition coefficient (Wildman–Crippen LogP) is 4.00. The average Bonchev–Trinajstić information content (AvgIpc) is 2.70. The number of rotatable bonds is 8. The van der Waals surface area contributed by atoms with E-state index in [1.165, 1.54) is 48.5 Å². The Hall–Kier alpha value is -3.04. The molecule has 9 heteroatoms. The van der Waals surface area contributed by atoms with Crippen LogP contribution in [-0.2, 0) is 20.0 Å². The van der Waals surface area contributed by atoms with Crippen LogP contribution in [0.5, 0.6) is 5.75 Å². The van der Waals surface area contributed by atoms with E-state index in [4.69, 9.17) is 4.74 Å². The Bertz CT molecular complexity index is 1200. The second-order valence-electron chi connectivity index (χ2n) is 6.51. The van der Waals surface area contributed by atoms with Crippen molar-refractivity contribution >= 4 is 31.4 Å². The number of benzene rings is 3. The van der Waals surface area contributed by atoms with Crippen molar-refractivity contribution in [2.24, 2.45) is 0 Å². The van der Waals surface area contributed by atoms with Crippen LogP contribution in [0.1, 0.15) is 12.5 Å². The Morgan fingerprint density at radius 2 is 1.07 bits per heavy atom. The maximum absolute atomic E-state index is 12.5. The molecular weight excluding hydrogens is 424 g/mol. The molecule has 0 aliphatic rings. The lowest BCUT2D eigenvalue weighted by Gasteiger charge is -2.11. The van der Waals surface area contributed by atoms with E-state index in [1.54, 1.807) is 24.3 Å². The number of hydrogen-bond donors (Lipinski definition) is 2. The minimum atomic E-state index is -3.78. The van der Waals surface area contributed by atoms with Crippen LogP contribution >= 0.6 is 0 Å². The molecule has 0 aromatic heterocycles. The molecule has 0 saturated heterocycles. The van der Waals surface area contributed by atoms with Crippen LogP contribution in [0.3, 0.4) is 0 Å². The van der Waals surface area contributed by atoms with Crippen molar-refractivity contribution in [1.29, 1.82) is 0 Å². The lowest BCUT2D eigenvalue weighted by Crippen LogP contribution is -2.14. The molecule has 0 aliphatic carbocycles. The fourth-order valence-corrected chi connectivity index (χ4v) is 4.75. The molecule has 0 heterocycles. The summed E-state index contributed by atoms with van der Waals surface area (Å²) in [6.07, 6.45) is 0. The Kier molecular flexibility index (Phi) is 6.33. The molecule has 3 rings (SSSR count). The van der Waals surface area contributed by atoms with Gasteiger partial charge >= 0.3 is 0 Å². The highest BCUT2D eigenvalue weighted by atomic mass is 32.2. The zero-order valence-corrected chi connectivity index (χ0v) is 18.1. The highest BCUT2D eigenvalue weighted by molar-refractivity contribution is 7.93. The number of anilines is 2. The van der Waals surface area contributed by atoms with Crippen molar-refractivity contribution < 1.29 is 21.6 Å². The molecule has 2 N–H and O–H groups in total. The molecular formula is C21H22N2O5S2. The van der Waals surface area contributed by atoms with Gasteiger partial charge in [-0.2, -0.15) is 0 Å². The topological polar surface area (TPSA) is 102 Å². The van der Waals surface area contributed by atoms with Gasteiger partial charge in [-0.15, -0.1) is 0 Å².